The van der Waals surface area contributed by atoms with Gasteiger partial charge in [-0.15, -0.1) is 0 Å². The minimum atomic E-state index is -0.334. The molecule has 1 aliphatic heterocycles. The summed E-state index contributed by atoms with van der Waals surface area (Å²) in [5.74, 6) is 1.30. The molecular formula is C20H26FN5O. The van der Waals surface area contributed by atoms with Crippen LogP contribution in [0.15, 0.2) is 30.3 Å². The van der Waals surface area contributed by atoms with Crippen molar-refractivity contribution in [2.75, 3.05) is 32.5 Å². The first-order valence-electron chi connectivity index (χ1n) is 9.30. The number of hydrogen-bond donors (Lipinski definition) is 2. The number of carbonyl (C=O) groups is 1. The first-order chi connectivity index (χ1) is 13.0. The van der Waals surface area contributed by atoms with Gasteiger partial charge in [0.15, 0.2) is 0 Å². The van der Waals surface area contributed by atoms with Gasteiger partial charge in [-0.1, -0.05) is 12.1 Å². The number of benzene rings is 1. The third-order valence-electron chi connectivity index (χ3n) is 4.81. The lowest BCUT2D eigenvalue weighted by molar-refractivity contribution is -0.129. The summed E-state index contributed by atoms with van der Waals surface area (Å²) in [6, 6.07) is 8.10. The average Bonchev–Trinajstić information content (AvgIpc) is 2.68. The zero-order valence-corrected chi connectivity index (χ0v) is 15.8. The molecule has 3 rings (SSSR count). The molecule has 0 bridgehead atoms. The summed E-state index contributed by atoms with van der Waals surface area (Å²) in [5, 5.41) is 6.48. The molecule has 1 aromatic carbocycles. The Morgan fingerprint density at radius 1 is 1.37 bits per heavy atom. The van der Waals surface area contributed by atoms with E-state index >= 15 is 0 Å². The molecule has 1 saturated heterocycles. The molecule has 1 unspecified atom stereocenters. The molecular weight excluding hydrogens is 345 g/mol. The quantitative estimate of drug-likeness (QED) is 0.816. The molecule has 0 aliphatic carbocycles. The summed E-state index contributed by atoms with van der Waals surface area (Å²) < 4.78 is 13.3. The molecule has 27 heavy (non-hydrogen) atoms. The maximum absolute atomic E-state index is 13.3. The normalized spacial score (nSPS) is 16.8. The lowest BCUT2D eigenvalue weighted by atomic mass is 9.96. The highest BCUT2D eigenvalue weighted by Crippen LogP contribution is 2.23. The first kappa shape index (κ1) is 19.2. The Morgan fingerprint density at radius 2 is 2.22 bits per heavy atom. The van der Waals surface area contributed by atoms with Crippen LogP contribution < -0.4 is 10.6 Å². The Labute approximate surface area is 159 Å². The average molecular weight is 371 g/mol. The van der Waals surface area contributed by atoms with Crippen LogP contribution in [0.2, 0.25) is 0 Å². The number of piperidine rings is 1. The number of rotatable bonds is 6. The Morgan fingerprint density at radius 3 is 2.93 bits per heavy atom. The Balaban J connectivity index is 1.70. The lowest BCUT2D eigenvalue weighted by Crippen LogP contribution is -2.30. The van der Waals surface area contributed by atoms with Crippen LogP contribution in [0, 0.1) is 5.82 Å². The molecule has 7 heteroatoms. The number of halogens is 1. The molecule has 0 saturated carbocycles. The van der Waals surface area contributed by atoms with Crippen LogP contribution in [0.3, 0.4) is 0 Å². The largest absolute Gasteiger partial charge is 0.373 e. The van der Waals surface area contributed by atoms with Crippen molar-refractivity contribution in [3.63, 3.8) is 0 Å². The van der Waals surface area contributed by atoms with E-state index in [-0.39, 0.29) is 18.1 Å². The number of carbonyl (C=O) groups excluding carboxylic acids is 1. The topological polar surface area (TPSA) is 70.2 Å². The van der Waals surface area contributed by atoms with Gasteiger partial charge in [-0.3, -0.25) is 4.79 Å². The lowest BCUT2D eigenvalue weighted by Gasteiger charge is -2.23. The summed E-state index contributed by atoms with van der Waals surface area (Å²) in [7, 11) is 3.55. The second kappa shape index (κ2) is 8.90. The smallest absolute Gasteiger partial charge is 0.227 e. The fourth-order valence-electron chi connectivity index (χ4n) is 3.29. The van der Waals surface area contributed by atoms with Crippen molar-refractivity contribution in [2.45, 2.75) is 31.7 Å². The number of nitrogens with one attached hydrogen (secondary N) is 2. The van der Waals surface area contributed by atoms with Gasteiger partial charge in [-0.2, -0.15) is 0 Å². The van der Waals surface area contributed by atoms with E-state index in [1.165, 1.54) is 12.1 Å². The van der Waals surface area contributed by atoms with E-state index in [1.807, 2.05) is 13.1 Å². The van der Waals surface area contributed by atoms with Gasteiger partial charge in [0.05, 0.1) is 18.7 Å². The van der Waals surface area contributed by atoms with Gasteiger partial charge in [0, 0.05) is 32.6 Å². The zero-order valence-electron chi connectivity index (χ0n) is 15.8. The van der Waals surface area contributed by atoms with Gasteiger partial charge in [0.2, 0.25) is 5.91 Å². The van der Waals surface area contributed by atoms with E-state index in [0.29, 0.717) is 23.9 Å². The zero-order chi connectivity index (χ0) is 19.2. The maximum atomic E-state index is 13.3. The Bertz CT molecular complexity index is 792. The van der Waals surface area contributed by atoms with Gasteiger partial charge in [-0.05, 0) is 37.1 Å². The van der Waals surface area contributed by atoms with Crippen LogP contribution in [-0.4, -0.2) is 48.0 Å². The number of hydrogen-bond acceptors (Lipinski definition) is 5. The molecule has 1 aliphatic rings. The highest BCUT2D eigenvalue weighted by molar-refractivity contribution is 5.78. The van der Waals surface area contributed by atoms with Crippen molar-refractivity contribution in [1.29, 1.82) is 0 Å². The summed E-state index contributed by atoms with van der Waals surface area (Å²) in [5.41, 5.74) is 1.66. The van der Waals surface area contributed by atoms with Crippen LogP contribution in [0.4, 0.5) is 10.2 Å². The molecule has 2 heterocycles. The molecule has 0 radical (unpaired) electrons. The second-order valence-corrected chi connectivity index (χ2v) is 6.94. The SMILES string of the molecule is CNc1cc(C2CCCNC2)nc(CN(C)C(=O)Cc2cccc(F)c2)n1. The molecule has 6 nitrogen and oxygen atoms in total. The molecule has 144 valence electrons. The monoisotopic (exact) mass is 371 g/mol. The van der Waals surface area contributed by atoms with E-state index in [4.69, 9.17) is 4.98 Å². The highest BCUT2D eigenvalue weighted by Gasteiger charge is 2.19. The van der Waals surface area contributed by atoms with Crippen molar-refractivity contribution in [1.82, 2.24) is 20.2 Å². The van der Waals surface area contributed by atoms with Gasteiger partial charge in [-0.25, -0.2) is 14.4 Å². The fraction of sp³-hybridized carbons (Fsp3) is 0.450. The summed E-state index contributed by atoms with van der Waals surface area (Å²) >= 11 is 0. The molecule has 1 aromatic heterocycles. The number of aromatic nitrogens is 2. The Hall–Kier alpha value is -2.54. The predicted molar refractivity (Wildman–Crippen MR) is 103 cm³/mol. The maximum Gasteiger partial charge on any atom is 0.227 e. The molecule has 0 spiro atoms. The number of nitrogens with zero attached hydrogens (tertiary/aromatic N) is 3. The van der Waals surface area contributed by atoms with E-state index in [9.17, 15) is 9.18 Å². The van der Waals surface area contributed by atoms with Gasteiger partial charge in [0.1, 0.15) is 17.5 Å². The number of likely N-dealkylation sites (N-methyl/N-ethyl adjacent to an activating group) is 1. The minimum Gasteiger partial charge on any atom is -0.373 e. The highest BCUT2D eigenvalue weighted by atomic mass is 19.1. The third kappa shape index (κ3) is 5.23. The standard InChI is InChI=1S/C20H26FN5O/c1-22-18-11-17(15-6-4-8-23-12-15)24-19(25-18)13-26(2)20(27)10-14-5-3-7-16(21)9-14/h3,5,7,9,11,15,23H,4,6,8,10,12-13H2,1-2H3,(H,22,24,25). The molecule has 1 amide bonds. The van der Waals surface area contributed by atoms with E-state index in [0.717, 1.165) is 37.4 Å². The summed E-state index contributed by atoms with van der Waals surface area (Å²) in [6.45, 7) is 2.27. The van der Waals surface area contributed by atoms with Gasteiger partial charge < -0.3 is 15.5 Å². The van der Waals surface area contributed by atoms with Gasteiger partial charge >= 0.3 is 0 Å². The molecule has 2 N–H and O–H groups in total. The fourth-order valence-corrected chi connectivity index (χ4v) is 3.29. The molecule has 1 atom stereocenters. The third-order valence-corrected chi connectivity index (χ3v) is 4.81. The van der Waals surface area contributed by atoms with E-state index < -0.39 is 0 Å². The summed E-state index contributed by atoms with van der Waals surface area (Å²) in [4.78, 5) is 23.3. The van der Waals surface area contributed by atoms with Crippen LogP contribution in [0.1, 0.15) is 35.8 Å². The second-order valence-electron chi connectivity index (χ2n) is 6.94. The van der Waals surface area contributed by atoms with Crippen LogP contribution in [0.5, 0.6) is 0 Å². The minimum absolute atomic E-state index is 0.0973. The van der Waals surface area contributed by atoms with Crippen LogP contribution >= 0.6 is 0 Å². The number of anilines is 1. The van der Waals surface area contributed by atoms with Crippen molar-refractivity contribution >= 4 is 11.7 Å². The van der Waals surface area contributed by atoms with Crippen LogP contribution in [-0.2, 0) is 17.8 Å². The van der Waals surface area contributed by atoms with Crippen molar-refractivity contribution in [3.8, 4) is 0 Å². The Kier molecular flexibility index (Phi) is 6.34. The van der Waals surface area contributed by atoms with Gasteiger partial charge in [0.25, 0.3) is 0 Å². The molecule has 2 aromatic rings. The number of amides is 1. The van der Waals surface area contributed by atoms with Crippen molar-refractivity contribution in [2.24, 2.45) is 0 Å². The van der Waals surface area contributed by atoms with Crippen molar-refractivity contribution < 1.29 is 9.18 Å². The molecule has 1 fully saturated rings. The van der Waals surface area contributed by atoms with Crippen LogP contribution in [0.25, 0.3) is 0 Å². The summed E-state index contributed by atoms with van der Waals surface area (Å²) in [6.07, 6.45) is 2.38. The van der Waals surface area contributed by atoms with E-state index in [1.54, 1.807) is 24.1 Å². The predicted octanol–water partition coefficient (Wildman–Crippen LogP) is 2.33. The first-order valence-corrected chi connectivity index (χ1v) is 9.30. The van der Waals surface area contributed by atoms with Crippen molar-refractivity contribution in [3.05, 3.63) is 53.2 Å². The van der Waals surface area contributed by atoms with E-state index in [2.05, 4.69) is 15.6 Å².